The molecule has 6 rings (SSSR count). The third kappa shape index (κ3) is 4.22. The van der Waals surface area contributed by atoms with Gasteiger partial charge in [-0.2, -0.15) is 0 Å². The van der Waals surface area contributed by atoms with Gasteiger partial charge in [0.15, 0.2) is 0 Å². The Bertz CT molecular complexity index is 1400. The van der Waals surface area contributed by atoms with Crippen molar-refractivity contribution in [2.75, 3.05) is 7.11 Å². The van der Waals surface area contributed by atoms with E-state index in [0.717, 1.165) is 47.3 Å². The van der Waals surface area contributed by atoms with Crippen LogP contribution in [0.2, 0.25) is 5.02 Å². The SMILES string of the molecule is COc1ccc(-c2c3c4n(c(-c5ccc(Cl)cc5)cn4c2C(=S)NC2CCCCC2)CCCC3)cc1. The number of aryl methyl sites for hydroxylation is 2. The van der Waals surface area contributed by atoms with E-state index in [4.69, 9.17) is 28.6 Å². The number of hydrogen-bond donors (Lipinski definition) is 1. The van der Waals surface area contributed by atoms with Gasteiger partial charge in [-0.1, -0.05) is 67.3 Å². The van der Waals surface area contributed by atoms with Gasteiger partial charge in [-0.3, -0.25) is 4.40 Å². The van der Waals surface area contributed by atoms with Crippen molar-refractivity contribution in [3.05, 3.63) is 71.0 Å². The lowest BCUT2D eigenvalue weighted by Gasteiger charge is -2.24. The molecular weight excluding hydrogens is 486 g/mol. The Labute approximate surface area is 223 Å². The van der Waals surface area contributed by atoms with Crippen molar-refractivity contribution in [2.45, 2.75) is 64.0 Å². The van der Waals surface area contributed by atoms with E-state index in [2.05, 4.69) is 56.9 Å². The van der Waals surface area contributed by atoms with Crippen molar-refractivity contribution in [3.63, 3.8) is 0 Å². The van der Waals surface area contributed by atoms with Gasteiger partial charge in [-0.15, -0.1) is 0 Å². The Morgan fingerprint density at radius 3 is 2.39 bits per heavy atom. The second kappa shape index (κ2) is 9.95. The van der Waals surface area contributed by atoms with Crippen LogP contribution < -0.4 is 10.1 Å². The summed E-state index contributed by atoms with van der Waals surface area (Å²) in [7, 11) is 1.71. The van der Waals surface area contributed by atoms with Gasteiger partial charge in [0, 0.05) is 34.9 Å². The lowest BCUT2D eigenvalue weighted by molar-refractivity contribution is 0.415. The molecule has 2 aliphatic rings. The molecule has 186 valence electrons. The molecule has 0 spiro atoms. The molecule has 0 radical (unpaired) electrons. The van der Waals surface area contributed by atoms with E-state index in [0.29, 0.717) is 6.04 Å². The quantitative estimate of drug-likeness (QED) is 0.275. The fourth-order valence-electron chi connectivity index (χ4n) is 6.03. The molecule has 1 fully saturated rings. The fourth-order valence-corrected chi connectivity index (χ4v) is 6.52. The zero-order valence-electron chi connectivity index (χ0n) is 20.7. The maximum Gasteiger partial charge on any atom is 0.124 e. The number of halogens is 1. The van der Waals surface area contributed by atoms with Crippen LogP contribution in [0.3, 0.4) is 0 Å². The van der Waals surface area contributed by atoms with Crippen LogP contribution >= 0.6 is 23.8 Å². The lowest BCUT2D eigenvalue weighted by atomic mass is 9.94. The minimum atomic E-state index is 0.453. The van der Waals surface area contributed by atoms with E-state index in [-0.39, 0.29) is 0 Å². The first-order valence-corrected chi connectivity index (χ1v) is 13.9. The average Bonchev–Trinajstić information content (AvgIpc) is 3.32. The first-order valence-electron chi connectivity index (χ1n) is 13.1. The van der Waals surface area contributed by atoms with Crippen LogP contribution in [-0.4, -0.2) is 27.1 Å². The molecule has 1 N–H and O–H groups in total. The number of aromatic nitrogens is 2. The van der Waals surface area contributed by atoms with Crippen LogP contribution in [0.25, 0.3) is 28.0 Å². The van der Waals surface area contributed by atoms with Gasteiger partial charge in [-0.25, -0.2) is 0 Å². The predicted molar refractivity (Wildman–Crippen MR) is 152 cm³/mol. The number of benzene rings is 2. The van der Waals surface area contributed by atoms with Crippen molar-refractivity contribution in [2.24, 2.45) is 0 Å². The van der Waals surface area contributed by atoms with Crippen molar-refractivity contribution >= 4 is 34.5 Å². The lowest BCUT2D eigenvalue weighted by Crippen LogP contribution is -2.36. The third-order valence-corrected chi connectivity index (χ3v) is 8.37. The molecule has 4 nitrogen and oxygen atoms in total. The summed E-state index contributed by atoms with van der Waals surface area (Å²) < 4.78 is 10.3. The molecule has 1 aliphatic heterocycles. The minimum absolute atomic E-state index is 0.453. The summed E-state index contributed by atoms with van der Waals surface area (Å²) in [4.78, 5) is 0.856. The largest absolute Gasteiger partial charge is 0.497 e. The molecule has 3 heterocycles. The summed E-state index contributed by atoms with van der Waals surface area (Å²) in [5.74, 6) is 0.868. The van der Waals surface area contributed by atoms with Gasteiger partial charge in [0.05, 0.1) is 18.5 Å². The summed E-state index contributed by atoms with van der Waals surface area (Å²) in [6.07, 6.45) is 11.9. The van der Waals surface area contributed by atoms with Crippen LogP contribution in [0, 0.1) is 0 Å². The highest BCUT2D eigenvalue weighted by Crippen LogP contribution is 2.40. The maximum absolute atomic E-state index is 6.22. The number of thiocarbonyl (C=S) groups is 1. The number of hydrogen-bond acceptors (Lipinski definition) is 2. The van der Waals surface area contributed by atoms with Gasteiger partial charge in [0.1, 0.15) is 16.4 Å². The fraction of sp³-hybridized carbons (Fsp3) is 0.367. The minimum Gasteiger partial charge on any atom is -0.497 e. The normalized spacial score (nSPS) is 16.2. The van der Waals surface area contributed by atoms with Crippen LogP contribution in [0.1, 0.15) is 56.2 Å². The van der Waals surface area contributed by atoms with Crippen LogP contribution in [0.4, 0.5) is 0 Å². The molecule has 0 unspecified atom stereocenters. The van der Waals surface area contributed by atoms with E-state index in [9.17, 15) is 0 Å². The number of methoxy groups -OCH3 is 1. The second-order valence-electron chi connectivity index (χ2n) is 10.1. The van der Waals surface area contributed by atoms with Gasteiger partial charge >= 0.3 is 0 Å². The van der Waals surface area contributed by atoms with E-state index in [1.54, 1.807) is 7.11 Å². The standard InChI is InChI=1S/C30H32ClN3OS/c1-35-24-16-12-21(13-17-24)27-25-9-5-6-18-33-26(20-10-14-22(31)15-11-20)19-34(30(25)33)28(27)29(36)32-23-7-3-2-4-8-23/h10-17,19,23H,2-9,18H2,1H3,(H,32,36). The van der Waals surface area contributed by atoms with Crippen molar-refractivity contribution in [1.29, 1.82) is 0 Å². The molecule has 0 bridgehead atoms. The first-order chi connectivity index (χ1) is 17.6. The molecule has 6 heteroatoms. The van der Waals surface area contributed by atoms with E-state index in [1.807, 2.05) is 12.1 Å². The number of imidazole rings is 1. The molecule has 2 aromatic heterocycles. The number of ether oxygens (including phenoxy) is 1. The van der Waals surface area contributed by atoms with E-state index in [1.165, 1.54) is 65.7 Å². The van der Waals surface area contributed by atoms with Crippen molar-refractivity contribution in [1.82, 2.24) is 14.3 Å². The Kier molecular flexibility index (Phi) is 6.53. The highest BCUT2D eigenvalue weighted by molar-refractivity contribution is 7.80. The highest BCUT2D eigenvalue weighted by Gasteiger charge is 2.29. The maximum atomic E-state index is 6.22. The monoisotopic (exact) mass is 517 g/mol. The zero-order valence-corrected chi connectivity index (χ0v) is 22.3. The summed E-state index contributed by atoms with van der Waals surface area (Å²) in [6, 6.07) is 17.1. The van der Waals surface area contributed by atoms with Crippen LogP contribution in [-0.2, 0) is 13.0 Å². The number of nitrogens with zero attached hydrogens (tertiary/aromatic N) is 2. The van der Waals surface area contributed by atoms with Crippen LogP contribution in [0.5, 0.6) is 5.75 Å². The molecule has 0 saturated heterocycles. The summed E-state index contributed by atoms with van der Waals surface area (Å²) in [6.45, 7) is 0.996. The smallest absolute Gasteiger partial charge is 0.124 e. The number of rotatable bonds is 5. The summed E-state index contributed by atoms with van der Waals surface area (Å²) in [5, 5.41) is 4.53. The third-order valence-electron chi connectivity index (χ3n) is 7.81. The highest BCUT2D eigenvalue weighted by atomic mass is 35.5. The van der Waals surface area contributed by atoms with Gasteiger partial charge in [0.2, 0.25) is 0 Å². The average molecular weight is 518 g/mol. The Hall–Kier alpha value is -2.76. The Balaban J connectivity index is 1.56. The molecule has 4 aromatic rings. The molecule has 1 saturated carbocycles. The van der Waals surface area contributed by atoms with Gasteiger partial charge < -0.3 is 14.6 Å². The molecule has 36 heavy (non-hydrogen) atoms. The van der Waals surface area contributed by atoms with Crippen molar-refractivity contribution in [3.8, 4) is 28.1 Å². The van der Waals surface area contributed by atoms with Crippen molar-refractivity contribution < 1.29 is 4.74 Å². The summed E-state index contributed by atoms with van der Waals surface area (Å²) >= 11 is 12.4. The Morgan fingerprint density at radius 1 is 0.944 bits per heavy atom. The zero-order chi connectivity index (χ0) is 24.6. The van der Waals surface area contributed by atoms with Gasteiger partial charge in [-0.05, 0) is 67.5 Å². The van der Waals surface area contributed by atoms with Gasteiger partial charge in [0.25, 0.3) is 0 Å². The first kappa shape index (κ1) is 23.6. The number of nitrogens with one attached hydrogen (secondary N) is 1. The second-order valence-corrected chi connectivity index (χ2v) is 10.9. The Morgan fingerprint density at radius 2 is 1.67 bits per heavy atom. The van der Waals surface area contributed by atoms with E-state index >= 15 is 0 Å². The molecular formula is C30H32ClN3OS. The molecule has 0 atom stereocenters. The topological polar surface area (TPSA) is 30.6 Å². The molecule has 2 aromatic carbocycles. The van der Waals surface area contributed by atoms with Crippen LogP contribution in [0.15, 0.2) is 54.7 Å². The predicted octanol–water partition coefficient (Wildman–Crippen LogP) is 7.67. The summed E-state index contributed by atoms with van der Waals surface area (Å²) in [5.41, 5.74) is 8.62. The molecule has 1 aliphatic carbocycles. The molecule has 0 amide bonds. The van der Waals surface area contributed by atoms with E-state index < -0.39 is 0 Å².